The Morgan fingerprint density at radius 1 is 1.35 bits per heavy atom. The Balaban J connectivity index is 1.46. The number of carbonyl (C=O) groups excluding carboxylic acids is 1. The van der Waals surface area contributed by atoms with Gasteiger partial charge in [0.05, 0.1) is 18.6 Å². The molecule has 4 heterocycles. The van der Waals surface area contributed by atoms with Crippen LogP contribution in [0.1, 0.15) is 31.2 Å². The molecule has 3 aliphatic rings. The Labute approximate surface area is 141 Å². The Morgan fingerprint density at radius 2 is 2.30 bits per heavy atom. The van der Waals surface area contributed by atoms with Crippen LogP contribution in [0.25, 0.3) is 0 Å². The molecule has 6 heteroatoms. The van der Waals surface area contributed by atoms with Gasteiger partial charge in [-0.1, -0.05) is 0 Å². The summed E-state index contributed by atoms with van der Waals surface area (Å²) in [5.74, 6) is 0.139. The van der Waals surface area contributed by atoms with Gasteiger partial charge in [-0.25, -0.2) is 5.06 Å². The van der Waals surface area contributed by atoms with E-state index in [9.17, 15) is 4.79 Å². The first kappa shape index (κ1) is 15.6. The zero-order chi connectivity index (χ0) is 15.6. The van der Waals surface area contributed by atoms with E-state index in [-0.39, 0.29) is 17.9 Å². The van der Waals surface area contributed by atoms with Gasteiger partial charge in [-0.05, 0) is 48.1 Å². The highest BCUT2D eigenvalue weighted by Crippen LogP contribution is 2.33. The molecule has 4 rings (SSSR count). The van der Waals surface area contributed by atoms with Crippen LogP contribution in [0.5, 0.6) is 0 Å². The molecule has 126 valence electrons. The van der Waals surface area contributed by atoms with E-state index >= 15 is 0 Å². The van der Waals surface area contributed by atoms with Crippen LogP contribution in [-0.2, 0) is 20.9 Å². The van der Waals surface area contributed by atoms with Crippen molar-refractivity contribution in [2.75, 3.05) is 26.3 Å². The normalized spacial score (nSPS) is 32.0. The van der Waals surface area contributed by atoms with Crippen molar-refractivity contribution in [2.45, 2.75) is 44.4 Å². The first-order chi connectivity index (χ1) is 11.3. The van der Waals surface area contributed by atoms with E-state index in [4.69, 9.17) is 9.57 Å². The van der Waals surface area contributed by atoms with Gasteiger partial charge in [0.25, 0.3) is 5.91 Å². The van der Waals surface area contributed by atoms with Crippen LogP contribution >= 0.6 is 11.3 Å². The lowest BCUT2D eigenvalue weighted by atomic mass is 9.89. The summed E-state index contributed by atoms with van der Waals surface area (Å²) in [5, 5.41) is 5.92. The third-order valence-electron chi connectivity index (χ3n) is 5.18. The molecule has 3 aliphatic heterocycles. The molecule has 5 nitrogen and oxygen atoms in total. The molecule has 3 fully saturated rings. The fourth-order valence-corrected chi connectivity index (χ4v) is 4.67. The second-order valence-electron chi connectivity index (χ2n) is 6.74. The second kappa shape index (κ2) is 6.89. The Bertz CT molecular complexity index is 530. The molecule has 0 saturated carbocycles. The summed E-state index contributed by atoms with van der Waals surface area (Å²) in [6.07, 6.45) is 4.20. The largest absolute Gasteiger partial charge is 0.377 e. The summed E-state index contributed by atoms with van der Waals surface area (Å²) < 4.78 is 5.92. The molecule has 0 aliphatic carbocycles. The van der Waals surface area contributed by atoms with E-state index in [1.54, 1.807) is 16.4 Å². The number of thiophene rings is 1. The Morgan fingerprint density at radius 3 is 3.09 bits per heavy atom. The van der Waals surface area contributed by atoms with Crippen molar-refractivity contribution in [2.24, 2.45) is 5.92 Å². The average Bonchev–Trinajstić information content (AvgIpc) is 3.26. The molecule has 0 bridgehead atoms. The summed E-state index contributed by atoms with van der Waals surface area (Å²) in [6, 6.07) is 2.63. The number of carbonyl (C=O) groups is 1. The van der Waals surface area contributed by atoms with Crippen molar-refractivity contribution < 1.29 is 14.4 Å². The molecule has 1 aromatic rings. The molecular formula is C17H24N2O3S. The zero-order valence-electron chi connectivity index (χ0n) is 13.4. The average molecular weight is 336 g/mol. The topological polar surface area (TPSA) is 42.0 Å². The van der Waals surface area contributed by atoms with Crippen molar-refractivity contribution in [1.82, 2.24) is 9.96 Å². The number of likely N-dealkylation sites (tertiary alicyclic amines) is 1. The van der Waals surface area contributed by atoms with Crippen molar-refractivity contribution in [1.29, 1.82) is 0 Å². The number of rotatable bonds is 3. The van der Waals surface area contributed by atoms with Gasteiger partial charge in [-0.2, -0.15) is 11.3 Å². The van der Waals surface area contributed by atoms with Crippen molar-refractivity contribution >= 4 is 17.2 Å². The predicted molar refractivity (Wildman–Crippen MR) is 87.9 cm³/mol. The Kier molecular flexibility index (Phi) is 4.66. The first-order valence-electron chi connectivity index (χ1n) is 8.62. The van der Waals surface area contributed by atoms with Crippen molar-refractivity contribution in [3.63, 3.8) is 0 Å². The van der Waals surface area contributed by atoms with Crippen LogP contribution < -0.4 is 0 Å². The SMILES string of the molecule is O=C([C@@H]1C[C@@H]2OCC[C@@H]2N(Cc2ccsc2)C1)N1CCCCO1. The second-order valence-corrected chi connectivity index (χ2v) is 7.52. The molecule has 0 unspecified atom stereocenters. The number of piperidine rings is 1. The molecule has 3 saturated heterocycles. The van der Waals surface area contributed by atoms with Gasteiger partial charge in [0, 0.05) is 32.3 Å². The standard InChI is InChI=1S/C17H24N2O3S/c20-17(19-5-1-2-6-22-19)14-9-16-15(3-7-21-16)18(11-14)10-13-4-8-23-12-13/h4,8,12,14-16H,1-3,5-7,9-11H2/t14-,15+,16+/m1/s1. The quantitative estimate of drug-likeness (QED) is 0.849. The smallest absolute Gasteiger partial charge is 0.250 e. The minimum Gasteiger partial charge on any atom is -0.377 e. The van der Waals surface area contributed by atoms with Crippen LogP contribution in [0.4, 0.5) is 0 Å². The van der Waals surface area contributed by atoms with E-state index in [0.29, 0.717) is 12.6 Å². The maximum atomic E-state index is 12.8. The number of amides is 1. The minimum absolute atomic E-state index is 0.00825. The number of hydroxylamine groups is 2. The van der Waals surface area contributed by atoms with Crippen molar-refractivity contribution in [3.8, 4) is 0 Å². The fraction of sp³-hybridized carbons (Fsp3) is 0.706. The summed E-state index contributed by atoms with van der Waals surface area (Å²) in [5.41, 5.74) is 1.34. The third-order valence-corrected chi connectivity index (χ3v) is 5.91. The van der Waals surface area contributed by atoms with Crippen LogP contribution in [-0.4, -0.2) is 54.3 Å². The highest BCUT2D eigenvalue weighted by atomic mass is 32.1. The third kappa shape index (κ3) is 3.31. The van der Waals surface area contributed by atoms with Gasteiger partial charge in [-0.3, -0.25) is 14.5 Å². The molecule has 0 aromatic carbocycles. The molecule has 23 heavy (non-hydrogen) atoms. The maximum Gasteiger partial charge on any atom is 0.250 e. The van der Waals surface area contributed by atoms with Crippen molar-refractivity contribution in [3.05, 3.63) is 22.4 Å². The summed E-state index contributed by atoms with van der Waals surface area (Å²) in [4.78, 5) is 20.8. The van der Waals surface area contributed by atoms with Crippen LogP contribution in [0.15, 0.2) is 16.8 Å². The molecule has 0 spiro atoms. The number of ether oxygens (including phenoxy) is 1. The minimum atomic E-state index is -0.00825. The summed E-state index contributed by atoms with van der Waals surface area (Å²) >= 11 is 1.73. The lowest BCUT2D eigenvalue weighted by molar-refractivity contribution is -0.204. The van der Waals surface area contributed by atoms with Gasteiger partial charge >= 0.3 is 0 Å². The molecule has 3 atom stereocenters. The lowest BCUT2D eigenvalue weighted by Crippen LogP contribution is -2.53. The summed E-state index contributed by atoms with van der Waals surface area (Å²) in [7, 11) is 0. The molecule has 1 amide bonds. The fourth-order valence-electron chi connectivity index (χ4n) is 4.01. The number of hydrogen-bond donors (Lipinski definition) is 0. The van der Waals surface area contributed by atoms with E-state index < -0.39 is 0 Å². The first-order valence-corrected chi connectivity index (χ1v) is 9.56. The van der Waals surface area contributed by atoms with E-state index in [1.807, 2.05) is 0 Å². The van der Waals surface area contributed by atoms with Gasteiger partial charge in [0.2, 0.25) is 0 Å². The van der Waals surface area contributed by atoms with E-state index in [0.717, 1.165) is 51.9 Å². The molecule has 0 radical (unpaired) electrons. The zero-order valence-corrected chi connectivity index (χ0v) is 14.2. The monoisotopic (exact) mass is 336 g/mol. The Hall–Kier alpha value is -0.950. The number of hydrogen-bond acceptors (Lipinski definition) is 5. The lowest BCUT2D eigenvalue weighted by Gasteiger charge is -2.41. The van der Waals surface area contributed by atoms with Gasteiger partial charge in [0.15, 0.2) is 0 Å². The highest BCUT2D eigenvalue weighted by molar-refractivity contribution is 7.07. The highest BCUT2D eigenvalue weighted by Gasteiger charge is 2.43. The van der Waals surface area contributed by atoms with Crippen LogP contribution in [0.2, 0.25) is 0 Å². The predicted octanol–water partition coefficient (Wildman–Crippen LogP) is 2.28. The van der Waals surface area contributed by atoms with E-state index in [1.165, 1.54) is 5.56 Å². The molecule has 1 aromatic heterocycles. The molecular weight excluding hydrogens is 312 g/mol. The van der Waals surface area contributed by atoms with Gasteiger partial charge < -0.3 is 4.74 Å². The maximum absolute atomic E-state index is 12.8. The van der Waals surface area contributed by atoms with E-state index in [2.05, 4.69) is 21.7 Å². The van der Waals surface area contributed by atoms with Gasteiger partial charge in [0.1, 0.15) is 0 Å². The summed E-state index contributed by atoms with van der Waals surface area (Å²) in [6.45, 7) is 3.95. The van der Waals surface area contributed by atoms with Crippen LogP contribution in [0.3, 0.4) is 0 Å². The van der Waals surface area contributed by atoms with Crippen LogP contribution in [0, 0.1) is 5.92 Å². The number of fused-ring (bicyclic) bond motifs is 1. The number of nitrogens with zero attached hydrogens (tertiary/aromatic N) is 2. The van der Waals surface area contributed by atoms with Gasteiger partial charge in [-0.15, -0.1) is 0 Å². The molecule has 0 N–H and O–H groups in total.